The largest absolute Gasteiger partial charge is 0.271 e. The molecule has 0 amide bonds. The van der Waals surface area contributed by atoms with Gasteiger partial charge in [-0.1, -0.05) is 24.3 Å². The highest BCUT2D eigenvalue weighted by Crippen LogP contribution is 2.26. The van der Waals surface area contributed by atoms with Crippen LogP contribution in [0, 0.1) is 12.7 Å². The zero-order valence-electron chi connectivity index (χ0n) is 11.6. The maximum Gasteiger partial charge on any atom is 0.126 e. The molecule has 1 atom stereocenters. The van der Waals surface area contributed by atoms with Crippen LogP contribution < -0.4 is 11.3 Å². The number of para-hydroxylation sites is 1. The van der Waals surface area contributed by atoms with Crippen LogP contribution in [-0.4, -0.2) is 4.98 Å². The van der Waals surface area contributed by atoms with Gasteiger partial charge in [-0.3, -0.25) is 11.3 Å². The third-order valence-electron chi connectivity index (χ3n) is 3.50. The van der Waals surface area contributed by atoms with Crippen LogP contribution in [0.4, 0.5) is 4.39 Å². The van der Waals surface area contributed by atoms with Crippen LogP contribution in [0.25, 0.3) is 10.2 Å². The van der Waals surface area contributed by atoms with Crippen LogP contribution in [0.15, 0.2) is 42.5 Å². The van der Waals surface area contributed by atoms with Gasteiger partial charge in [-0.25, -0.2) is 9.37 Å². The maximum atomic E-state index is 13.4. The first-order valence-electron chi connectivity index (χ1n) is 6.74. The van der Waals surface area contributed by atoms with E-state index in [1.165, 1.54) is 10.8 Å². The van der Waals surface area contributed by atoms with E-state index in [0.29, 0.717) is 12.0 Å². The highest BCUT2D eigenvalue weighted by molar-refractivity contribution is 7.18. The van der Waals surface area contributed by atoms with Gasteiger partial charge in [-0.05, 0) is 36.2 Å². The summed E-state index contributed by atoms with van der Waals surface area (Å²) < 4.78 is 14.5. The van der Waals surface area contributed by atoms with Gasteiger partial charge in [-0.15, -0.1) is 11.3 Å². The van der Waals surface area contributed by atoms with Crippen molar-refractivity contribution in [1.29, 1.82) is 0 Å². The molecule has 21 heavy (non-hydrogen) atoms. The zero-order valence-corrected chi connectivity index (χ0v) is 12.5. The van der Waals surface area contributed by atoms with Crippen molar-refractivity contribution in [2.45, 2.75) is 19.4 Å². The lowest BCUT2D eigenvalue weighted by atomic mass is 10.0. The Kier molecular flexibility index (Phi) is 3.96. The Morgan fingerprint density at radius 2 is 2.10 bits per heavy atom. The van der Waals surface area contributed by atoms with Gasteiger partial charge in [0.25, 0.3) is 0 Å². The van der Waals surface area contributed by atoms with E-state index in [0.717, 1.165) is 16.1 Å². The van der Waals surface area contributed by atoms with Gasteiger partial charge in [0.05, 0.1) is 21.3 Å². The predicted octanol–water partition coefficient (Wildman–Crippen LogP) is 3.49. The average Bonchev–Trinajstić information content (AvgIpc) is 2.90. The molecule has 3 aromatic rings. The molecule has 0 aliphatic carbocycles. The number of rotatable bonds is 4. The first-order chi connectivity index (χ1) is 10.2. The first kappa shape index (κ1) is 14.1. The number of hydrogen-bond acceptors (Lipinski definition) is 4. The molecule has 3 N–H and O–H groups in total. The maximum absolute atomic E-state index is 13.4. The topological polar surface area (TPSA) is 50.9 Å². The quantitative estimate of drug-likeness (QED) is 0.573. The predicted molar refractivity (Wildman–Crippen MR) is 84.5 cm³/mol. The number of thiazole rings is 1. The second-order valence-corrected chi connectivity index (χ2v) is 6.12. The second-order valence-electron chi connectivity index (χ2n) is 5.01. The number of fused-ring (bicyclic) bond motifs is 1. The third-order valence-corrected chi connectivity index (χ3v) is 4.56. The van der Waals surface area contributed by atoms with Crippen molar-refractivity contribution in [2.75, 3.05) is 0 Å². The zero-order chi connectivity index (χ0) is 14.8. The molecular formula is C16H16FN3S. The van der Waals surface area contributed by atoms with E-state index in [1.807, 2.05) is 24.3 Å². The number of benzene rings is 2. The smallest absolute Gasteiger partial charge is 0.126 e. The van der Waals surface area contributed by atoms with Gasteiger partial charge in [0.1, 0.15) is 5.82 Å². The van der Waals surface area contributed by atoms with E-state index in [1.54, 1.807) is 24.3 Å². The molecule has 1 aromatic heterocycles. The van der Waals surface area contributed by atoms with Gasteiger partial charge in [0.15, 0.2) is 0 Å². The fourth-order valence-electron chi connectivity index (χ4n) is 2.34. The molecule has 3 rings (SSSR count). The summed E-state index contributed by atoms with van der Waals surface area (Å²) in [5, 5.41) is 1.01. The van der Waals surface area contributed by atoms with E-state index < -0.39 is 0 Å². The molecular weight excluding hydrogens is 285 g/mol. The van der Waals surface area contributed by atoms with E-state index in [-0.39, 0.29) is 11.9 Å². The average molecular weight is 301 g/mol. The molecule has 1 heterocycles. The van der Waals surface area contributed by atoms with E-state index >= 15 is 0 Å². The summed E-state index contributed by atoms with van der Waals surface area (Å²) in [5.74, 6) is 5.47. The Morgan fingerprint density at radius 1 is 1.29 bits per heavy atom. The van der Waals surface area contributed by atoms with E-state index in [4.69, 9.17) is 5.84 Å². The van der Waals surface area contributed by atoms with Crippen LogP contribution in [0.2, 0.25) is 0 Å². The SMILES string of the molecule is Cc1cc(C(Cc2nc3ccccc3s2)NN)ccc1F. The summed E-state index contributed by atoms with van der Waals surface area (Å²) in [6.45, 7) is 1.75. The van der Waals surface area contributed by atoms with Crippen molar-refractivity contribution >= 4 is 21.6 Å². The standard InChI is InChI=1S/C16H16FN3S/c1-10-8-11(6-7-12(10)17)14(20-18)9-16-19-13-4-2-3-5-15(13)21-16/h2-8,14,20H,9,18H2,1H3. The van der Waals surface area contributed by atoms with Gasteiger partial charge in [0, 0.05) is 6.42 Å². The number of nitrogens with two attached hydrogens (primary N) is 1. The number of hydrazine groups is 1. The Balaban J connectivity index is 1.88. The van der Waals surface area contributed by atoms with E-state index in [2.05, 4.69) is 16.5 Å². The molecule has 0 spiro atoms. The minimum Gasteiger partial charge on any atom is -0.271 e. The Bertz CT molecular complexity index is 736. The minimum absolute atomic E-state index is 0.0788. The molecule has 2 aromatic carbocycles. The highest BCUT2D eigenvalue weighted by Gasteiger charge is 2.14. The molecule has 0 saturated heterocycles. The van der Waals surface area contributed by atoms with Crippen molar-refractivity contribution < 1.29 is 4.39 Å². The molecule has 0 aliphatic rings. The Morgan fingerprint density at radius 3 is 2.81 bits per heavy atom. The van der Waals surface area contributed by atoms with Crippen LogP contribution in [0.3, 0.4) is 0 Å². The van der Waals surface area contributed by atoms with Crippen LogP contribution >= 0.6 is 11.3 Å². The summed E-state index contributed by atoms with van der Waals surface area (Å²) in [5.41, 5.74) is 5.40. The third kappa shape index (κ3) is 2.95. The Labute approximate surface area is 126 Å². The molecule has 0 aliphatic heterocycles. The number of aromatic nitrogens is 1. The molecule has 1 unspecified atom stereocenters. The second kappa shape index (κ2) is 5.89. The van der Waals surface area contributed by atoms with Crippen molar-refractivity contribution in [1.82, 2.24) is 10.4 Å². The summed E-state index contributed by atoms with van der Waals surface area (Å²) in [6, 6.07) is 13.0. The van der Waals surface area contributed by atoms with Crippen molar-refractivity contribution in [2.24, 2.45) is 5.84 Å². The monoisotopic (exact) mass is 301 g/mol. The van der Waals surface area contributed by atoms with E-state index in [9.17, 15) is 4.39 Å². The molecule has 0 radical (unpaired) electrons. The first-order valence-corrected chi connectivity index (χ1v) is 7.55. The molecule has 0 saturated carbocycles. The summed E-state index contributed by atoms with van der Waals surface area (Å²) in [6.07, 6.45) is 0.681. The fourth-order valence-corrected chi connectivity index (χ4v) is 3.35. The molecule has 108 valence electrons. The molecule has 5 heteroatoms. The summed E-state index contributed by atoms with van der Waals surface area (Å²) in [4.78, 5) is 4.61. The number of nitrogens with one attached hydrogen (secondary N) is 1. The fraction of sp³-hybridized carbons (Fsp3) is 0.188. The van der Waals surface area contributed by atoms with Crippen LogP contribution in [0.1, 0.15) is 22.2 Å². The van der Waals surface area contributed by atoms with Crippen molar-refractivity contribution in [3.8, 4) is 0 Å². The van der Waals surface area contributed by atoms with Gasteiger partial charge in [-0.2, -0.15) is 0 Å². The van der Waals surface area contributed by atoms with Gasteiger partial charge < -0.3 is 0 Å². The minimum atomic E-state index is -0.200. The Hall–Kier alpha value is -1.82. The molecule has 3 nitrogen and oxygen atoms in total. The lowest BCUT2D eigenvalue weighted by Gasteiger charge is -2.15. The van der Waals surface area contributed by atoms with Crippen LogP contribution in [-0.2, 0) is 6.42 Å². The number of halogens is 1. The highest BCUT2D eigenvalue weighted by atomic mass is 32.1. The number of nitrogens with zero attached hydrogens (tertiary/aromatic N) is 1. The van der Waals surface area contributed by atoms with Crippen LogP contribution in [0.5, 0.6) is 0 Å². The number of aryl methyl sites for hydroxylation is 1. The summed E-state index contributed by atoms with van der Waals surface area (Å²) in [7, 11) is 0. The van der Waals surface area contributed by atoms with Gasteiger partial charge >= 0.3 is 0 Å². The lowest BCUT2D eigenvalue weighted by Crippen LogP contribution is -2.29. The summed E-state index contributed by atoms with van der Waals surface area (Å²) >= 11 is 1.66. The van der Waals surface area contributed by atoms with Crippen molar-refractivity contribution in [3.05, 3.63) is 64.4 Å². The molecule has 0 fully saturated rings. The van der Waals surface area contributed by atoms with Crippen molar-refractivity contribution in [3.63, 3.8) is 0 Å². The lowest BCUT2D eigenvalue weighted by molar-refractivity contribution is 0.547. The normalized spacial score (nSPS) is 12.7. The molecule has 0 bridgehead atoms. The van der Waals surface area contributed by atoms with Gasteiger partial charge in [0.2, 0.25) is 0 Å². The number of hydrogen-bond donors (Lipinski definition) is 2.